The van der Waals surface area contributed by atoms with Gasteiger partial charge in [0.1, 0.15) is 0 Å². The van der Waals surface area contributed by atoms with Crippen LogP contribution in [0.5, 0.6) is 0 Å². The first-order chi connectivity index (χ1) is 1.73. The van der Waals surface area contributed by atoms with Gasteiger partial charge in [-0.15, -0.1) is 0 Å². The summed E-state index contributed by atoms with van der Waals surface area (Å²) in [5.41, 5.74) is 0. The molecule has 0 aliphatic rings. The first-order valence-electron chi connectivity index (χ1n) is 1.15. The number of hydrogen-bond donors (Lipinski definition) is 0. The Labute approximate surface area is 40.8 Å². The van der Waals surface area contributed by atoms with Gasteiger partial charge in [-0.1, -0.05) is 0 Å². The van der Waals surface area contributed by atoms with E-state index in [9.17, 15) is 0 Å². The second kappa shape index (κ2) is 2.04. The average molecular weight is 168 g/mol. The molecule has 0 atom stereocenters. The predicted octanol–water partition coefficient (Wildman–Crippen LogP) is -0.904. The summed E-state index contributed by atoms with van der Waals surface area (Å²) in [6, 6.07) is 0. The summed E-state index contributed by atoms with van der Waals surface area (Å²) >= 11 is 1.23. The van der Waals surface area contributed by atoms with E-state index >= 15 is 0 Å². The van der Waals surface area contributed by atoms with Crippen molar-refractivity contribution < 1.29 is 0 Å². The summed E-state index contributed by atoms with van der Waals surface area (Å²) in [6.07, 6.45) is 0. The predicted molar refractivity (Wildman–Crippen MR) is 22.2 cm³/mol. The van der Waals surface area contributed by atoms with Gasteiger partial charge < -0.3 is 0 Å². The summed E-state index contributed by atoms with van der Waals surface area (Å²) in [7, 11) is 4.12. The van der Waals surface area contributed by atoms with E-state index in [1.54, 1.807) is 0 Å². The van der Waals surface area contributed by atoms with Crippen molar-refractivity contribution in [1.29, 1.82) is 0 Å². The molecule has 0 fully saturated rings. The molecule has 0 rings (SSSR count). The SMILES string of the molecule is C[N](C)[SbH2]. The van der Waals surface area contributed by atoms with Gasteiger partial charge in [0.05, 0.1) is 0 Å². The van der Waals surface area contributed by atoms with E-state index in [2.05, 4.69) is 17.2 Å². The Morgan fingerprint density at radius 1 is 1.50 bits per heavy atom. The minimum absolute atomic E-state index is 1.23. The van der Waals surface area contributed by atoms with Crippen LogP contribution in [0.15, 0.2) is 0 Å². The van der Waals surface area contributed by atoms with Crippen molar-refractivity contribution in [3.8, 4) is 0 Å². The van der Waals surface area contributed by atoms with Crippen molar-refractivity contribution in [2.45, 2.75) is 0 Å². The first-order valence-corrected chi connectivity index (χ1v) is 2.63. The Balaban J connectivity index is 2.32. The summed E-state index contributed by atoms with van der Waals surface area (Å²) in [6.45, 7) is 0. The van der Waals surface area contributed by atoms with Crippen LogP contribution in [0.3, 0.4) is 0 Å². The van der Waals surface area contributed by atoms with Crippen LogP contribution >= 0.6 is 0 Å². The monoisotopic (exact) mass is 167 g/mol. The van der Waals surface area contributed by atoms with Crippen LogP contribution in [0.1, 0.15) is 0 Å². The molecule has 4 heavy (non-hydrogen) atoms. The molecule has 0 unspecified atom stereocenters. The summed E-state index contributed by atoms with van der Waals surface area (Å²) < 4.78 is 2.13. The standard InChI is InChI=1S/C2H6N.Sb.2H/c1-3-2;;;/h1-2H3;;;/q-1;+1;;. The average Bonchev–Trinajstić information content (AvgIpc) is 0.811. The zero-order valence-corrected chi connectivity index (χ0v) is 6.32. The molecule has 2 heteroatoms. The van der Waals surface area contributed by atoms with Gasteiger partial charge >= 0.3 is 40.5 Å². The Kier molecular flexibility index (Phi) is 2.44. The van der Waals surface area contributed by atoms with Gasteiger partial charge in [-0.2, -0.15) is 0 Å². The molecule has 0 heterocycles. The molecule has 0 saturated heterocycles. The topological polar surface area (TPSA) is 3.24 Å². The van der Waals surface area contributed by atoms with Gasteiger partial charge in [-0.25, -0.2) is 0 Å². The first kappa shape index (κ1) is 4.78. The molecule has 0 saturated carbocycles. The fraction of sp³-hybridized carbons (Fsp3) is 1.00. The van der Waals surface area contributed by atoms with Crippen LogP contribution in [0.25, 0.3) is 0 Å². The molecular weight excluding hydrogens is 160 g/mol. The van der Waals surface area contributed by atoms with Gasteiger partial charge in [-0.05, 0) is 0 Å². The van der Waals surface area contributed by atoms with E-state index in [0.717, 1.165) is 0 Å². The molecule has 0 aromatic carbocycles. The maximum absolute atomic E-state index is 2.13. The van der Waals surface area contributed by atoms with Crippen molar-refractivity contribution in [3.63, 3.8) is 0 Å². The Bertz CT molecular complexity index is 10.8. The summed E-state index contributed by atoms with van der Waals surface area (Å²) in [4.78, 5) is 0. The van der Waals surface area contributed by atoms with E-state index in [-0.39, 0.29) is 0 Å². The van der Waals surface area contributed by atoms with E-state index in [0.29, 0.717) is 0 Å². The molecule has 0 N–H and O–H groups in total. The van der Waals surface area contributed by atoms with Gasteiger partial charge in [0, 0.05) is 0 Å². The van der Waals surface area contributed by atoms with Crippen LogP contribution in [-0.2, 0) is 0 Å². The molecule has 26 valence electrons. The van der Waals surface area contributed by atoms with Crippen molar-refractivity contribution in [2.75, 3.05) is 14.1 Å². The fourth-order valence-corrected chi connectivity index (χ4v) is 0. The van der Waals surface area contributed by atoms with Crippen molar-refractivity contribution in [1.82, 2.24) is 3.06 Å². The van der Waals surface area contributed by atoms with Crippen molar-refractivity contribution in [3.05, 3.63) is 0 Å². The van der Waals surface area contributed by atoms with Crippen molar-refractivity contribution >= 4 is 23.3 Å². The Morgan fingerprint density at radius 3 is 1.50 bits per heavy atom. The Hall–Kier alpha value is 0.778. The van der Waals surface area contributed by atoms with Crippen LogP contribution in [0.2, 0.25) is 0 Å². The van der Waals surface area contributed by atoms with Crippen molar-refractivity contribution in [2.24, 2.45) is 0 Å². The molecule has 0 aliphatic carbocycles. The van der Waals surface area contributed by atoms with E-state index in [1.807, 2.05) is 0 Å². The number of nitrogens with zero attached hydrogens (tertiary/aromatic N) is 1. The molecule has 0 aromatic rings. The van der Waals surface area contributed by atoms with Gasteiger partial charge in [-0.3, -0.25) is 0 Å². The third-order valence-electron chi connectivity index (χ3n) is 0. The summed E-state index contributed by atoms with van der Waals surface area (Å²) in [5, 5.41) is 0. The fourth-order valence-electron chi connectivity index (χ4n) is 0. The van der Waals surface area contributed by atoms with Crippen LogP contribution in [-0.4, -0.2) is 40.5 Å². The van der Waals surface area contributed by atoms with Crippen LogP contribution < -0.4 is 0 Å². The van der Waals surface area contributed by atoms with Gasteiger partial charge in [0.2, 0.25) is 0 Å². The molecule has 0 aromatic heterocycles. The second-order valence-electron chi connectivity index (χ2n) is 0.964. The second-order valence-corrected chi connectivity index (χ2v) is 3.91. The van der Waals surface area contributed by atoms with E-state index in [1.165, 1.54) is 23.3 Å². The molecule has 0 amide bonds. The van der Waals surface area contributed by atoms with Crippen LogP contribution in [0.4, 0.5) is 0 Å². The molecular formula is C2H8NSb. The number of rotatable bonds is 0. The molecule has 1 nitrogen and oxygen atoms in total. The zero-order valence-electron chi connectivity index (χ0n) is 3.02. The van der Waals surface area contributed by atoms with Gasteiger partial charge in [0.25, 0.3) is 0 Å². The Morgan fingerprint density at radius 2 is 1.50 bits per heavy atom. The van der Waals surface area contributed by atoms with E-state index < -0.39 is 0 Å². The quantitative estimate of drug-likeness (QED) is 0.423. The van der Waals surface area contributed by atoms with E-state index in [4.69, 9.17) is 0 Å². The molecule has 0 bridgehead atoms. The normalized spacial score (nSPS) is 9.00. The van der Waals surface area contributed by atoms with Gasteiger partial charge in [0.15, 0.2) is 0 Å². The minimum atomic E-state index is 1.23. The third kappa shape index (κ3) is 14.5. The third-order valence-corrected chi connectivity index (χ3v) is 0. The summed E-state index contributed by atoms with van der Waals surface area (Å²) in [5.74, 6) is 0. The molecule has 0 spiro atoms. The molecule has 0 aliphatic heterocycles. The zero-order chi connectivity index (χ0) is 3.58. The maximum atomic E-state index is 2.13. The number of hydrogen-bond acceptors (Lipinski definition) is 1. The molecule has 0 radical (unpaired) electrons. The van der Waals surface area contributed by atoms with Crippen LogP contribution in [0, 0.1) is 0 Å².